The number of hydrogen-bond donors (Lipinski definition) is 0. The van der Waals surface area contributed by atoms with Gasteiger partial charge in [0.15, 0.2) is 11.0 Å². The van der Waals surface area contributed by atoms with Crippen molar-refractivity contribution in [2.24, 2.45) is 0 Å². The van der Waals surface area contributed by atoms with E-state index in [1.807, 2.05) is 25.2 Å². The van der Waals surface area contributed by atoms with Gasteiger partial charge >= 0.3 is 0 Å². The van der Waals surface area contributed by atoms with Crippen LogP contribution in [0.2, 0.25) is 5.15 Å². The van der Waals surface area contributed by atoms with Gasteiger partial charge in [0.1, 0.15) is 0 Å². The molecule has 2 heterocycles. The fourth-order valence-electron chi connectivity index (χ4n) is 1.74. The van der Waals surface area contributed by atoms with Crippen LogP contribution in [0, 0.1) is 0 Å². The van der Waals surface area contributed by atoms with Crippen molar-refractivity contribution in [2.45, 2.75) is 13.3 Å². The number of halogens is 1. The molecule has 0 aliphatic heterocycles. The van der Waals surface area contributed by atoms with Crippen LogP contribution in [0.15, 0.2) is 30.6 Å². The predicted molar refractivity (Wildman–Crippen MR) is 73.8 cm³/mol. The lowest BCUT2D eigenvalue weighted by atomic mass is 10.1. The molecule has 0 spiro atoms. The quantitative estimate of drug-likeness (QED) is 0.849. The highest BCUT2D eigenvalue weighted by Gasteiger charge is 2.09. The Bertz CT molecular complexity index is 516. The summed E-state index contributed by atoms with van der Waals surface area (Å²) in [4.78, 5) is 6.06. The van der Waals surface area contributed by atoms with Gasteiger partial charge in [-0.25, -0.2) is 0 Å². The number of aromatic nitrogens is 3. The van der Waals surface area contributed by atoms with E-state index in [-0.39, 0.29) is 0 Å². The van der Waals surface area contributed by atoms with E-state index in [1.165, 1.54) is 0 Å². The number of anilines is 1. The van der Waals surface area contributed by atoms with Crippen molar-refractivity contribution in [2.75, 3.05) is 18.5 Å². The Morgan fingerprint density at radius 2 is 1.94 bits per heavy atom. The summed E-state index contributed by atoms with van der Waals surface area (Å²) >= 11 is 6.10. The molecule has 0 saturated carbocycles. The molecule has 0 atom stereocenters. The highest BCUT2D eigenvalue weighted by atomic mass is 35.5. The Hall–Kier alpha value is -1.68. The van der Waals surface area contributed by atoms with Crippen LogP contribution in [-0.4, -0.2) is 28.8 Å². The molecule has 0 aromatic carbocycles. The molecular weight excluding hydrogens is 248 g/mol. The van der Waals surface area contributed by atoms with Crippen molar-refractivity contribution < 1.29 is 0 Å². The van der Waals surface area contributed by atoms with Crippen LogP contribution in [0.25, 0.3) is 11.1 Å². The van der Waals surface area contributed by atoms with E-state index in [9.17, 15) is 0 Å². The van der Waals surface area contributed by atoms with Gasteiger partial charge in [0.05, 0.1) is 0 Å². The fourth-order valence-corrected chi connectivity index (χ4v) is 1.94. The first-order chi connectivity index (χ1) is 8.72. The van der Waals surface area contributed by atoms with Gasteiger partial charge in [-0.15, -0.1) is 10.2 Å². The first-order valence-corrected chi connectivity index (χ1v) is 6.25. The second-order valence-corrected chi connectivity index (χ2v) is 4.42. The van der Waals surface area contributed by atoms with Crippen LogP contribution in [0.1, 0.15) is 13.3 Å². The monoisotopic (exact) mass is 262 g/mol. The van der Waals surface area contributed by atoms with E-state index in [0.29, 0.717) is 5.15 Å². The van der Waals surface area contributed by atoms with Crippen LogP contribution >= 0.6 is 11.6 Å². The summed E-state index contributed by atoms with van der Waals surface area (Å²) in [6.07, 6.45) is 4.54. The first kappa shape index (κ1) is 12.8. The molecule has 0 unspecified atom stereocenters. The third-order valence-corrected chi connectivity index (χ3v) is 2.96. The molecule has 0 amide bonds. The molecule has 0 aliphatic rings. The molecule has 94 valence electrons. The van der Waals surface area contributed by atoms with E-state index >= 15 is 0 Å². The first-order valence-electron chi connectivity index (χ1n) is 5.87. The normalized spacial score (nSPS) is 10.4. The lowest BCUT2D eigenvalue weighted by Gasteiger charge is -2.17. The topological polar surface area (TPSA) is 41.9 Å². The van der Waals surface area contributed by atoms with Crippen LogP contribution in [0.3, 0.4) is 0 Å². The zero-order valence-electron chi connectivity index (χ0n) is 10.5. The van der Waals surface area contributed by atoms with Crippen LogP contribution in [-0.2, 0) is 0 Å². The smallest absolute Gasteiger partial charge is 0.159 e. The summed E-state index contributed by atoms with van der Waals surface area (Å²) in [5.41, 5.74) is 1.88. The van der Waals surface area contributed by atoms with Crippen molar-refractivity contribution in [3.8, 4) is 11.1 Å². The highest BCUT2D eigenvalue weighted by Crippen LogP contribution is 2.27. The molecule has 5 heteroatoms. The number of rotatable bonds is 4. The standard InChI is InChI=1S/C13H15ClN4/c1-3-8-18(2)12-9-11(13(14)17-16-12)10-4-6-15-7-5-10/h4-7,9H,3,8H2,1-2H3. The van der Waals surface area contributed by atoms with Crippen molar-refractivity contribution in [3.63, 3.8) is 0 Å². The molecule has 2 aromatic rings. The molecule has 0 aliphatic carbocycles. The summed E-state index contributed by atoms with van der Waals surface area (Å²) in [6.45, 7) is 3.07. The summed E-state index contributed by atoms with van der Waals surface area (Å²) in [7, 11) is 2.00. The van der Waals surface area contributed by atoms with Gasteiger partial charge in [-0.3, -0.25) is 4.98 Å². The lowest BCUT2D eigenvalue weighted by molar-refractivity contribution is 0.822. The maximum atomic E-state index is 6.10. The molecule has 2 aromatic heterocycles. The fraction of sp³-hybridized carbons (Fsp3) is 0.308. The van der Waals surface area contributed by atoms with Crippen LogP contribution in [0.4, 0.5) is 5.82 Å². The van der Waals surface area contributed by atoms with Crippen LogP contribution < -0.4 is 4.90 Å². The predicted octanol–water partition coefficient (Wildman–Crippen LogP) is 3.04. The maximum absolute atomic E-state index is 6.10. The molecule has 0 N–H and O–H groups in total. The molecular formula is C13H15ClN4. The third kappa shape index (κ3) is 2.76. The minimum atomic E-state index is 0.412. The van der Waals surface area contributed by atoms with Gasteiger partial charge in [0.25, 0.3) is 0 Å². The van der Waals surface area contributed by atoms with E-state index in [4.69, 9.17) is 11.6 Å². The summed E-state index contributed by atoms with van der Waals surface area (Å²) in [5, 5.41) is 8.54. The number of nitrogens with zero attached hydrogens (tertiary/aromatic N) is 4. The second kappa shape index (κ2) is 5.78. The molecule has 0 saturated heterocycles. The minimum Gasteiger partial charge on any atom is -0.358 e. The average Bonchev–Trinajstić information content (AvgIpc) is 2.40. The summed E-state index contributed by atoms with van der Waals surface area (Å²) in [5.74, 6) is 0.827. The summed E-state index contributed by atoms with van der Waals surface area (Å²) < 4.78 is 0. The summed E-state index contributed by atoms with van der Waals surface area (Å²) in [6, 6.07) is 5.78. The maximum Gasteiger partial charge on any atom is 0.159 e. The zero-order valence-corrected chi connectivity index (χ0v) is 11.2. The Morgan fingerprint density at radius 1 is 1.22 bits per heavy atom. The molecule has 0 bridgehead atoms. The Morgan fingerprint density at radius 3 is 2.61 bits per heavy atom. The third-order valence-electron chi connectivity index (χ3n) is 2.68. The van der Waals surface area contributed by atoms with Crippen molar-refractivity contribution in [1.82, 2.24) is 15.2 Å². The van der Waals surface area contributed by atoms with Gasteiger partial charge in [0.2, 0.25) is 0 Å². The van der Waals surface area contributed by atoms with Gasteiger partial charge in [-0.05, 0) is 30.2 Å². The SMILES string of the molecule is CCCN(C)c1cc(-c2ccncc2)c(Cl)nn1. The minimum absolute atomic E-state index is 0.412. The van der Waals surface area contributed by atoms with Crippen LogP contribution in [0.5, 0.6) is 0 Å². The molecule has 0 radical (unpaired) electrons. The van der Waals surface area contributed by atoms with Gasteiger partial charge in [-0.2, -0.15) is 0 Å². The van der Waals surface area contributed by atoms with Gasteiger partial charge < -0.3 is 4.90 Å². The Balaban J connectivity index is 2.39. The van der Waals surface area contributed by atoms with E-state index in [1.54, 1.807) is 12.4 Å². The molecule has 2 rings (SSSR count). The molecule has 0 fully saturated rings. The van der Waals surface area contributed by atoms with Gasteiger partial charge in [-0.1, -0.05) is 18.5 Å². The van der Waals surface area contributed by atoms with Gasteiger partial charge in [0, 0.05) is 31.5 Å². The van der Waals surface area contributed by atoms with Crippen molar-refractivity contribution in [3.05, 3.63) is 35.7 Å². The van der Waals surface area contributed by atoms with E-state index < -0.39 is 0 Å². The zero-order chi connectivity index (χ0) is 13.0. The molecule has 4 nitrogen and oxygen atoms in total. The lowest BCUT2D eigenvalue weighted by Crippen LogP contribution is -2.19. The van der Waals surface area contributed by atoms with Crippen molar-refractivity contribution in [1.29, 1.82) is 0 Å². The largest absolute Gasteiger partial charge is 0.358 e. The Labute approximate surface area is 112 Å². The second-order valence-electron chi connectivity index (χ2n) is 4.06. The van der Waals surface area contributed by atoms with E-state index in [2.05, 4.69) is 27.0 Å². The number of hydrogen-bond acceptors (Lipinski definition) is 4. The van der Waals surface area contributed by atoms with E-state index in [0.717, 1.165) is 29.9 Å². The Kier molecular flexibility index (Phi) is 4.10. The molecule has 18 heavy (non-hydrogen) atoms. The van der Waals surface area contributed by atoms with Crippen molar-refractivity contribution >= 4 is 17.4 Å². The number of pyridine rings is 1. The average molecular weight is 263 g/mol. The highest BCUT2D eigenvalue weighted by molar-refractivity contribution is 6.32.